The first-order valence-electron chi connectivity index (χ1n) is 5.75. The van der Waals surface area contributed by atoms with Crippen LogP contribution in [0.25, 0.3) is 0 Å². The van der Waals surface area contributed by atoms with E-state index in [-0.39, 0.29) is 5.69 Å². The lowest BCUT2D eigenvalue weighted by atomic mass is 10.2. The number of hydrazine groups is 1. The van der Waals surface area contributed by atoms with Crippen LogP contribution >= 0.6 is 15.9 Å². The zero-order valence-electron chi connectivity index (χ0n) is 10.8. The molecule has 21 heavy (non-hydrogen) atoms. The number of halogens is 4. The Morgan fingerprint density at radius 1 is 1.14 bits per heavy atom. The summed E-state index contributed by atoms with van der Waals surface area (Å²) in [6, 6.07) is 4.80. The normalized spacial score (nSPS) is 11.3. The molecule has 1 aromatic carbocycles. The largest absolute Gasteiger partial charge is 0.416 e. The highest BCUT2D eigenvalue weighted by molar-refractivity contribution is 9.10. The van der Waals surface area contributed by atoms with Crippen LogP contribution in [0.1, 0.15) is 11.4 Å². The fourth-order valence-electron chi connectivity index (χ4n) is 1.64. The summed E-state index contributed by atoms with van der Waals surface area (Å²) in [5.74, 6) is 6.38. The number of benzene rings is 1. The van der Waals surface area contributed by atoms with E-state index in [1.807, 2.05) is 0 Å². The number of nitrogens with two attached hydrogens (primary N) is 1. The van der Waals surface area contributed by atoms with Crippen molar-refractivity contribution in [2.45, 2.75) is 13.1 Å². The number of aryl methyl sites for hydroxylation is 1. The molecule has 0 amide bonds. The van der Waals surface area contributed by atoms with Crippen molar-refractivity contribution < 1.29 is 13.2 Å². The first kappa shape index (κ1) is 15.5. The van der Waals surface area contributed by atoms with E-state index in [2.05, 4.69) is 36.6 Å². The van der Waals surface area contributed by atoms with Crippen molar-refractivity contribution in [2.75, 3.05) is 10.7 Å². The molecule has 0 radical (unpaired) electrons. The molecule has 1 aromatic heterocycles. The Balaban J connectivity index is 2.37. The van der Waals surface area contributed by atoms with Crippen LogP contribution in [0, 0.1) is 6.92 Å². The summed E-state index contributed by atoms with van der Waals surface area (Å²) in [5.41, 5.74) is 1.85. The third-order valence-electron chi connectivity index (χ3n) is 2.54. The summed E-state index contributed by atoms with van der Waals surface area (Å²) < 4.78 is 38.7. The Morgan fingerprint density at radius 2 is 1.81 bits per heavy atom. The minimum absolute atomic E-state index is 0.242. The van der Waals surface area contributed by atoms with Crippen molar-refractivity contribution in [3.05, 3.63) is 40.1 Å². The van der Waals surface area contributed by atoms with Gasteiger partial charge in [-0.2, -0.15) is 13.2 Å². The summed E-state index contributed by atoms with van der Waals surface area (Å²) in [6.07, 6.45) is -4.41. The molecule has 4 N–H and O–H groups in total. The summed E-state index contributed by atoms with van der Waals surface area (Å²) >= 11 is 3.20. The maximum absolute atomic E-state index is 12.7. The molecule has 0 atom stereocenters. The highest BCUT2D eigenvalue weighted by atomic mass is 79.9. The number of hydrogen-bond donors (Lipinski definition) is 3. The Kier molecular flexibility index (Phi) is 4.33. The number of nitrogen functional groups attached to an aromatic ring is 1. The van der Waals surface area contributed by atoms with Gasteiger partial charge in [-0.3, -0.25) is 0 Å². The Bertz CT molecular complexity index is 660. The minimum Gasteiger partial charge on any atom is -0.339 e. The molecule has 0 saturated heterocycles. The number of alkyl halides is 3. The number of aromatic nitrogens is 2. The highest BCUT2D eigenvalue weighted by Crippen LogP contribution is 2.35. The Labute approximate surface area is 126 Å². The van der Waals surface area contributed by atoms with Gasteiger partial charge in [0.15, 0.2) is 0 Å². The third kappa shape index (κ3) is 3.82. The van der Waals surface area contributed by atoms with Crippen LogP contribution in [0.3, 0.4) is 0 Å². The van der Waals surface area contributed by atoms with Crippen molar-refractivity contribution >= 4 is 33.3 Å². The molecule has 112 valence electrons. The predicted octanol–water partition coefficient (Wildman–Crippen LogP) is 3.60. The van der Waals surface area contributed by atoms with Gasteiger partial charge in [0.2, 0.25) is 0 Å². The molecule has 0 aliphatic rings. The Hall–Kier alpha value is -1.87. The molecule has 0 aliphatic heterocycles. The van der Waals surface area contributed by atoms with E-state index >= 15 is 0 Å². The molecule has 0 unspecified atom stereocenters. The molecule has 9 heteroatoms. The third-order valence-corrected chi connectivity index (χ3v) is 3.23. The number of hydrogen-bond acceptors (Lipinski definition) is 5. The van der Waals surface area contributed by atoms with Gasteiger partial charge >= 0.3 is 6.18 Å². The van der Waals surface area contributed by atoms with Crippen LogP contribution < -0.4 is 16.6 Å². The second-order valence-electron chi connectivity index (χ2n) is 4.15. The summed E-state index contributed by atoms with van der Waals surface area (Å²) in [5, 5.41) is 2.81. The van der Waals surface area contributed by atoms with E-state index in [0.29, 0.717) is 21.9 Å². The average Bonchev–Trinajstić information content (AvgIpc) is 2.39. The number of anilines is 3. The fraction of sp³-hybridized carbons (Fsp3) is 0.167. The van der Waals surface area contributed by atoms with Crippen molar-refractivity contribution in [3.8, 4) is 0 Å². The van der Waals surface area contributed by atoms with Crippen LogP contribution in [-0.2, 0) is 6.18 Å². The Morgan fingerprint density at radius 3 is 2.43 bits per heavy atom. The number of nitrogens with one attached hydrogen (secondary N) is 2. The zero-order valence-corrected chi connectivity index (χ0v) is 12.4. The predicted molar refractivity (Wildman–Crippen MR) is 77.0 cm³/mol. The number of rotatable bonds is 3. The quantitative estimate of drug-likeness (QED) is 0.575. The van der Waals surface area contributed by atoms with Gasteiger partial charge in [-0.15, -0.1) is 0 Å². The van der Waals surface area contributed by atoms with Crippen molar-refractivity contribution in [3.63, 3.8) is 0 Å². The lowest BCUT2D eigenvalue weighted by Gasteiger charge is -2.13. The van der Waals surface area contributed by atoms with Crippen molar-refractivity contribution in [1.29, 1.82) is 0 Å². The van der Waals surface area contributed by atoms with Gasteiger partial charge in [-0.05, 0) is 41.1 Å². The summed E-state index contributed by atoms with van der Waals surface area (Å²) in [6.45, 7) is 1.65. The molecule has 0 aliphatic carbocycles. The first-order valence-corrected chi connectivity index (χ1v) is 6.55. The van der Waals surface area contributed by atoms with Crippen LogP contribution in [0.2, 0.25) is 0 Å². The maximum atomic E-state index is 12.7. The topological polar surface area (TPSA) is 75.9 Å². The maximum Gasteiger partial charge on any atom is 0.416 e. The molecule has 5 nitrogen and oxygen atoms in total. The molecule has 0 spiro atoms. The summed E-state index contributed by atoms with van der Waals surface area (Å²) in [7, 11) is 0. The van der Waals surface area contributed by atoms with E-state index in [9.17, 15) is 13.2 Å². The first-order chi connectivity index (χ1) is 9.79. The molecular formula is C12H11BrF3N5. The lowest BCUT2D eigenvalue weighted by Crippen LogP contribution is -2.11. The molecule has 1 heterocycles. The van der Waals surface area contributed by atoms with E-state index in [4.69, 9.17) is 5.84 Å². The smallest absolute Gasteiger partial charge is 0.339 e. The lowest BCUT2D eigenvalue weighted by molar-refractivity contribution is -0.137. The van der Waals surface area contributed by atoms with Crippen molar-refractivity contribution in [2.24, 2.45) is 5.84 Å². The van der Waals surface area contributed by atoms with Gasteiger partial charge in [-0.25, -0.2) is 15.8 Å². The van der Waals surface area contributed by atoms with Gasteiger partial charge in [0.25, 0.3) is 0 Å². The van der Waals surface area contributed by atoms with Gasteiger partial charge in [0.05, 0.1) is 11.3 Å². The van der Waals surface area contributed by atoms with E-state index in [0.717, 1.165) is 12.1 Å². The van der Waals surface area contributed by atoms with Crippen LogP contribution in [-0.4, -0.2) is 9.97 Å². The van der Waals surface area contributed by atoms with E-state index in [1.165, 1.54) is 12.1 Å². The monoisotopic (exact) mass is 361 g/mol. The van der Waals surface area contributed by atoms with Gasteiger partial charge in [0, 0.05) is 10.5 Å². The molecule has 0 fully saturated rings. The second kappa shape index (κ2) is 5.86. The minimum atomic E-state index is -4.41. The number of nitrogens with zero attached hydrogens (tertiary/aromatic N) is 2. The van der Waals surface area contributed by atoms with E-state index in [1.54, 1.807) is 6.92 Å². The molecule has 2 rings (SSSR count). The van der Waals surface area contributed by atoms with Gasteiger partial charge in [-0.1, -0.05) is 0 Å². The zero-order chi connectivity index (χ0) is 15.6. The van der Waals surface area contributed by atoms with Crippen molar-refractivity contribution in [1.82, 2.24) is 9.97 Å². The van der Waals surface area contributed by atoms with Gasteiger partial charge in [0.1, 0.15) is 17.5 Å². The molecular weight excluding hydrogens is 351 g/mol. The molecule has 0 bridgehead atoms. The molecule has 2 aromatic rings. The van der Waals surface area contributed by atoms with Crippen LogP contribution in [0.4, 0.5) is 30.5 Å². The molecule has 0 saturated carbocycles. The van der Waals surface area contributed by atoms with E-state index < -0.39 is 11.7 Å². The fourth-order valence-corrected chi connectivity index (χ4v) is 1.99. The SMILES string of the molecule is Cc1nc(NN)cc(Nc2cc(C(F)(F)F)ccc2Br)n1. The average molecular weight is 362 g/mol. The van der Waals surface area contributed by atoms with Crippen LogP contribution in [0.5, 0.6) is 0 Å². The van der Waals surface area contributed by atoms with Crippen LogP contribution in [0.15, 0.2) is 28.7 Å². The highest BCUT2D eigenvalue weighted by Gasteiger charge is 2.30. The standard InChI is InChI=1S/C12H11BrF3N5/c1-6-18-10(5-11(19-6)21-17)20-9-4-7(12(14,15)16)2-3-8(9)13/h2-5H,17H2,1H3,(H2,18,19,20,21). The van der Waals surface area contributed by atoms with Gasteiger partial charge < -0.3 is 10.7 Å². The second-order valence-corrected chi connectivity index (χ2v) is 5.00. The summed E-state index contributed by atoms with van der Waals surface area (Å²) in [4.78, 5) is 8.08.